The third-order valence-corrected chi connectivity index (χ3v) is 4.64. The van der Waals surface area contributed by atoms with Crippen molar-refractivity contribution in [2.24, 2.45) is 0 Å². The Morgan fingerprint density at radius 1 is 1.00 bits per heavy atom. The molecule has 2 amide bonds. The van der Waals surface area contributed by atoms with Gasteiger partial charge in [0.1, 0.15) is 0 Å². The molecule has 2 aromatic carbocycles. The summed E-state index contributed by atoms with van der Waals surface area (Å²) >= 11 is 0. The van der Waals surface area contributed by atoms with E-state index in [1.807, 2.05) is 36.4 Å². The fourth-order valence-corrected chi connectivity index (χ4v) is 3.18. The Morgan fingerprint density at radius 3 is 2.25 bits per heavy atom. The van der Waals surface area contributed by atoms with Crippen molar-refractivity contribution in [2.75, 3.05) is 6.54 Å². The number of carbonyl (C=O) groups excluding carboxylic acids is 2. The van der Waals surface area contributed by atoms with Gasteiger partial charge < -0.3 is 0 Å². The number of hydrogen-bond donors (Lipinski definition) is 0. The van der Waals surface area contributed by atoms with Crippen LogP contribution in [0.2, 0.25) is 0 Å². The molecule has 0 N–H and O–H groups in total. The second-order valence-electron chi connectivity index (χ2n) is 6.03. The molecule has 120 valence electrons. The smallest absolute Gasteiger partial charge is 0.260 e. The van der Waals surface area contributed by atoms with Crippen LogP contribution in [0.5, 0.6) is 0 Å². The van der Waals surface area contributed by atoms with Crippen LogP contribution in [-0.4, -0.2) is 23.3 Å². The highest BCUT2D eigenvalue weighted by atomic mass is 16.2. The predicted octanol–water partition coefficient (Wildman–Crippen LogP) is 3.30. The molecule has 4 nitrogen and oxygen atoms in total. The van der Waals surface area contributed by atoms with E-state index in [4.69, 9.17) is 0 Å². The fraction of sp³-hybridized carbons (Fsp3) is 0.250. The average molecular weight is 318 g/mol. The van der Waals surface area contributed by atoms with Crippen LogP contribution in [0, 0.1) is 11.3 Å². The lowest BCUT2D eigenvalue weighted by Gasteiger charge is -2.25. The zero-order valence-corrected chi connectivity index (χ0v) is 13.3. The molecular weight excluding hydrogens is 300 g/mol. The van der Waals surface area contributed by atoms with Crippen LogP contribution < -0.4 is 0 Å². The monoisotopic (exact) mass is 318 g/mol. The van der Waals surface area contributed by atoms with E-state index in [1.54, 1.807) is 24.3 Å². The highest BCUT2D eigenvalue weighted by Crippen LogP contribution is 2.35. The third kappa shape index (κ3) is 2.93. The summed E-state index contributed by atoms with van der Waals surface area (Å²) in [4.78, 5) is 26.4. The summed E-state index contributed by atoms with van der Waals surface area (Å²) in [6, 6.07) is 20.7. The summed E-state index contributed by atoms with van der Waals surface area (Å²) in [6.07, 6.45) is 1.09. The van der Waals surface area contributed by atoms with Crippen molar-refractivity contribution in [1.82, 2.24) is 4.90 Å². The minimum absolute atomic E-state index is 0.195. The highest BCUT2D eigenvalue weighted by Gasteiger charge is 2.38. The molecule has 0 bridgehead atoms. The van der Waals surface area contributed by atoms with Gasteiger partial charge in [-0.05, 0) is 30.5 Å². The van der Waals surface area contributed by atoms with Gasteiger partial charge in [0.2, 0.25) is 5.91 Å². The van der Waals surface area contributed by atoms with Gasteiger partial charge in [-0.3, -0.25) is 14.5 Å². The van der Waals surface area contributed by atoms with E-state index >= 15 is 0 Å². The topological polar surface area (TPSA) is 61.2 Å². The van der Waals surface area contributed by atoms with Crippen LogP contribution in [0.15, 0.2) is 60.7 Å². The minimum atomic E-state index is -0.720. The molecule has 1 aliphatic rings. The molecule has 1 unspecified atom stereocenters. The Kier molecular flexibility index (Phi) is 4.43. The summed E-state index contributed by atoms with van der Waals surface area (Å²) in [6.45, 7) is 0.259. The van der Waals surface area contributed by atoms with E-state index in [-0.39, 0.29) is 24.8 Å². The number of nitriles is 1. The van der Waals surface area contributed by atoms with Gasteiger partial charge >= 0.3 is 0 Å². The van der Waals surface area contributed by atoms with Crippen LogP contribution in [0.3, 0.4) is 0 Å². The first-order chi connectivity index (χ1) is 11.7. The van der Waals surface area contributed by atoms with Gasteiger partial charge in [-0.2, -0.15) is 5.26 Å². The third-order valence-electron chi connectivity index (χ3n) is 4.64. The average Bonchev–Trinajstić information content (AvgIpc) is 2.82. The lowest BCUT2D eigenvalue weighted by molar-refractivity contribution is -0.128. The molecule has 0 spiro atoms. The van der Waals surface area contributed by atoms with Gasteiger partial charge in [-0.15, -0.1) is 0 Å². The van der Waals surface area contributed by atoms with Gasteiger partial charge in [-0.25, -0.2) is 0 Å². The van der Waals surface area contributed by atoms with Gasteiger partial charge in [0, 0.05) is 18.5 Å². The van der Waals surface area contributed by atoms with E-state index in [0.29, 0.717) is 18.4 Å². The molecule has 1 aliphatic heterocycles. The Labute approximate surface area is 141 Å². The predicted molar refractivity (Wildman–Crippen MR) is 90.1 cm³/mol. The van der Waals surface area contributed by atoms with E-state index in [9.17, 15) is 14.9 Å². The first-order valence-electron chi connectivity index (χ1n) is 8.03. The van der Waals surface area contributed by atoms with Crippen LogP contribution in [0.25, 0.3) is 0 Å². The molecule has 1 heterocycles. The molecule has 1 fully saturated rings. The van der Waals surface area contributed by atoms with Crippen LogP contribution in [0.4, 0.5) is 0 Å². The number of rotatable bonds is 2. The maximum atomic E-state index is 12.6. The van der Waals surface area contributed by atoms with Crippen LogP contribution in [-0.2, 0) is 10.2 Å². The van der Waals surface area contributed by atoms with E-state index in [2.05, 4.69) is 6.07 Å². The SMILES string of the molecule is N#CC1(c2ccccc2)CCC(=O)N(C(=O)c2ccccc2)CC1. The minimum Gasteiger partial charge on any atom is -0.278 e. The number of imide groups is 1. The lowest BCUT2D eigenvalue weighted by Crippen LogP contribution is -2.37. The normalized spacial score (nSPS) is 21.0. The Morgan fingerprint density at radius 2 is 1.62 bits per heavy atom. The summed E-state index contributed by atoms with van der Waals surface area (Å²) < 4.78 is 0. The first kappa shape index (κ1) is 15.9. The second-order valence-corrected chi connectivity index (χ2v) is 6.03. The zero-order chi connectivity index (χ0) is 17.0. The van der Waals surface area contributed by atoms with Gasteiger partial charge in [0.05, 0.1) is 11.5 Å². The molecule has 24 heavy (non-hydrogen) atoms. The molecular formula is C20H18N2O2. The standard InChI is InChI=1S/C20H18N2O2/c21-15-20(17-9-5-2-6-10-17)12-11-18(23)22(14-13-20)19(24)16-7-3-1-4-8-16/h1-10H,11-14H2. The Hall–Kier alpha value is -2.93. The molecule has 0 radical (unpaired) electrons. The quantitative estimate of drug-likeness (QED) is 0.798. The van der Waals surface area contributed by atoms with Crippen molar-refractivity contribution >= 4 is 11.8 Å². The van der Waals surface area contributed by atoms with Crippen molar-refractivity contribution in [3.63, 3.8) is 0 Å². The van der Waals surface area contributed by atoms with Gasteiger partial charge in [-0.1, -0.05) is 48.5 Å². The summed E-state index contributed by atoms with van der Waals surface area (Å²) in [5.74, 6) is -0.501. The number of carbonyl (C=O) groups is 2. The molecule has 0 aliphatic carbocycles. The van der Waals surface area contributed by atoms with Crippen molar-refractivity contribution in [1.29, 1.82) is 5.26 Å². The zero-order valence-electron chi connectivity index (χ0n) is 13.3. The largest absolute Gasteiger partial charge is 0.278 e. The molecule has 0 saturated carbocycles. The second kappa shape index (κ2) is 6.67. The Bertz CT molecular complexity index is 780. The highest BCUT2D eigenvalue weighted by molar-refractivity contribution is 6.04. The first-order valence-corrected chi connectivity index (χ1v) is 8.03. The van der Waals surface area contributed by atoms with Gasteiger partial charge in [0.15, 0.2) is 0 Å². The van der Waals surface area contributed by atoms with Crippen molar-refractivity contribution < 1.29 is 9.59 Å². The Balaban J connectivity index is 1.87. The van der Waals surface area contributed by atoms with Crippen LogP contribution >= 0.6 is 0 Å². The maximum Gasteiger partial charge on any atom is 0.260 e. The molecule has 4 heteroatoms. The fourth-order valence-electron chi connectivity index (χ4n) is 3.18. The lowest BCUT2D eigenvalue weighted by atomic mass is 9.76. The number of amides is 2. The maximum absolute atomic E-state index is 12.6. The number of benzene rings is 2. The van der Waals surface area contributed by atoms with Crippen molar-refractivity contribution in [3.05, 3.63) is 71.8 Å². The molecule has 0 aromatic heterocycles. The summed E-state index contributed by atoms with van der Waals surface area (Å²) in [7, 11) is 0. The number of nitrogens with zero attached hydrogens (tertiary/aromatic N) is 2. The molecule has 2 aromatic rings. The van der Waals surface area contributed by atoms with Gasteiger partial charge in [0.25, 0.3) is 5.91 Å². The number of likely N-dealkylation sites (tertiary alicyclic amines) is 1. The molecule has 1 saturated heterocycles. The molecule has 1 atom stereocenters. The van der Waals surface area contributed by atoms with Crippen molar-refractivity contribution in [2.45, 2.75) is 24.7 Å². The van der Waals surface area contributed by atoms with E-state index in [1.165, 1.54) is 4.90 Å². The van der Waals surface area contributed by atoms with Crippen LogP contribution in [0.1, 0.15) is 35.2 Å². The summed E-state index contributed by atoms with van der Waals surface area (Å²) in [5.41, 5.74) is 0.687. The number of hydrogen-bond acceptors (Lipinski definition) is 3. The van der Waals surface area contributed by atoms with Crippen molar-refractivity contribution in [3.8, 4) is 6.07 Å². The van der Waals surface area contributed by atoms with E-state index < -0.39 is 5.41 Å². The summed E-state index contributed by atoms with van der Waals surface area (Å²) in [5, 5.41) is 9.78. The molecule has 3 rings (SSSR count). The van der Waals surface area contributed by atoms with E-state index in [0.717, 1.165) is 5.56 Å².